The van der Waals surface area contributed by atoms with Crippen molar-refractivity contribution in [3.8, 4) is 11.4 Å². The summed E-state index contributed by atoms with van der Waals surface area (Å²) in [6.07, 6.45) is 3.29. The zero-order valence-electron chi connectivity index (χ0n) is 16.1. The minimum atomic E-state index is 0.00217. The van der Waals surface area contributed by atoms with Crippen LogP contribution in [0.3, 0.4) is 0 Å². The molecule has 1 aliphatic heterocycles. The fraction of sp³-hybridized carbons (Fsp3) is 0.333. The predicted octanol–water partition coefficient (Wildman–Crippen LogP) is 2.96. The summed E-state index contributed by atoms with van der Waals surface area (Å²) in [5, 5.41) is 4.13. The first-order valence-electron chi connectivity index (χ1n) is 9.46. The predicted molar refractivity (Wildman–Crippen MR) is 105 cm³/mol. The van der Waals surface area contributed by atoms with Crippen molar-refractivity contribution in [1.29, 1.82) is 0 Å². The number of rotatable bonds is 4. The van der Waals surface area contributed by atoms with Crippen molar-refractivity contribution in [1.82, 2.24) is 24.9 Å². The molecule has 0 aliphatic carbocycles. The van der Waals surface area contributed by atoms with E-state index in [1.54, 1.807) is 24.5 Å². The normalized spacial score (nSPS) is 16.1. The molecule has 144 valence electrons. The van der Waals surface area contributed by atoms with Crippen LogP contribution >= 0.6 is 0 Å². The van der Waals surface area contributed by atoms with Gasteiger partial charge in [0, 0.05) is 44.1 Å². The first kappa shape index (κ1) is 18.3. The molecular weight excluding hydrogens is 354 g/mol. The minimum Gasteiger partial charge on any atom is -0.337 e. The van der Waals surface area contributed by atoms with E-state index in [4.69, 9.17) is 4.52 Å². The summed E-state index contributed by atoms with van der Waals surface area (Å²) < 4.78 is 5.52. The molecular formula is C21H23N5O2. The SMILES string of the molecule is Cc1ccc(-c2noc([C@H](C)N3CCN(C(=O)c4cccnc4)CC3)n2)cc1. The number of nitrogens with zero attached hydrogens (tertiary/aromatic N) is 5. The van der Waals surface area contributed by atoms with E-state index >= 15 is 0 Å². The Kier molecular flexibility index (Phi) is 5.16. The smallest absolute Gasteiger partial charge is 0.255 e. The molecule has 1 aliphatic rings. The van der Waals surface area contributed by atoms with Crippen LogP contribution in [0.4, 0.5) is 0 Å². The van der Waals surface area contributed by atoms with Crippen molar-refractivity contribution in [2.45, 2.75) is 19.9 Å². The Morgan fingerprint density at radius 2 is 1.86 bits per heavy atom. The quantitative estimate of drug-likeness (QED) is 0.696. The van der Waals surface area contributed by atoms with Gasteiger partial charge in [0.2, 0.25) is 11.7 Å². The average Bonchev–Trinajstić information content (AvgIpc) is 3.24. The first-order valence-corrected chi connectivity index (χ1v) is 9.46. The maximum Gasteiger partial charge on any atom is 0.255 e. The van der Waals surface area contributed by atoms with Crippen LogP contribution in [0, 0.1) is 6.92 Å². The van der Waals surface area contributed by atoms with Gasteiger partial charge in [0.15, 0.2) is 0 Å². The summed E-state index contributed by atoms with van der Waals surface area (Å²) >= 11 is 0. The number of aromatic nitrogens is 3. The zero-order chi connectivity index (χ0) is 19.5. The third-order valence-corrected chi connectivity index (χ3v) is 5.17. The lowest BCUT2D eigenvalue weighted by atomic mass is 10.1. The van der Waals surface area contributed by atoms with E-state index in [9.17, 15) is 4.79 Å². The summed E-state index contributed by atoms with van der Waals surface area (Å²) in [5.74, 6) is 1.23. The molecule has 1 atom stereocenters. The maximum absolute atomic E-state index is 12.6. The molecule has 4 rings (SSSR count). The Morgan fingerprint density at radius 1 is 1.11 bits per heavy atom. The van der Waals surface area contributed by atoms with Crippen LogP contribution in [0.5, 0.6) is 0 Å². The highest BCUT2D eigenvalue weighted by molar-refractivity contribution is 5.93. The van der Waals surface area contributed by atoms with E-state index in [0.717, 1.165) is 18.7 Å². The molecule has 1 saturated heterocycles. The van der Waals surface area contributed by atoms with Gasteiger partial charge in [0.25, 0.3) is 5.91 Å². The molecule has 7 nitrogen and oxygen atoms in total. The molecule has 0 unspecified atom stereocenters. The molecule has 0 radical (unpaired) electrons. The second kappa shape index (κ2) is 7.90. The number of hydrogen-bond acceptors (Lipinski definition) is 6. The van der Waals surface area contributed by atoms with Gasteiger partial charge in [-0.2, -0.15) is 4.98 Å². The molecule has 1 aromatic carbocycles. The lowest BCUT2D eigenvalue weighted by Crippen LogP contribution is -2.49. The highest BCUT2D eigenvalue weighted by Crippen LogP contribution is 2.24. The summed E-state index contributed by atoms with van der Waals surface area (Å²) in [6.45, 7) is 6.95. The lowest BCUT2D eigenvalue weighted by Gasteiger charge is -2.36. The topological polar surface area (TPSA) is 75.4 Å². The number of carbonyl (C=O) groups is 1. The molecule has 0 N–H and O–H groups in total. The number of benzene rings is 1. The van der Waals surface area contributed by atoms with Gasteiger partial charge in [0.05, 0.1) is 11.6 Å². The van der Waals surface area contributed by atoms with Gasteiger partial charge in [-0.25, -0.2) is 0 Å². The molecule has 28 heavy (non-hydrogen) atoms. The second-order valence-electron chi connectivity index (χ2n) is 7.07. The number of aryl methyl sites for hydroxylation is 1. The maximum atomic E-state index is 12.6. The van der Waals surface area contributed by atoms with Gasteiger partial charge in [-0.1, -0.05) is 35.0 Å². The Hall–Kier alpha value is -3.06. The molecule has 3 aromatic rings. The van der Waals surface area contributed by atoms with Crippen LogP contribution in [-0.2, 0) is 0 Å². The zero-order valence-corrected chi connectivity index (χ0v) is 16.1. The third kappa shape index (κ3) is 3.80. The Morgan fingerprint density at radius 3 is 2.54 bits per heavy atom. The molecule has 1 fully saturated rings. The Labute approximate surface area is 164 Å². The van der Waals surface area contributed by atoms with Gasteiger partial charge < -0.3 is 9.42 Å². The van der Waals surface area contributed by atoms with Gasteiger partial charge in [-0.3, -0.25) is 14.7 Å². The van der Waals surface area contributed by atoms with Crippen molar-refractivity contribution in [2.24, 2.45) is 0 Å². The fourth-order valence-electron chi connectivity index (χ4n) is 3.37. The summed E-state index contributed by atoms with van der Waals surface area (Å²) in [4.78, 5) is 25.3. The van der Waals surface area contributed by atoms with Crippen molar-refractivity contribution >= 4 is 5.91 Å². The summed E-state index contributed by atoms with van der Waals surface area (Å²) in [7, 11) is 0. The van der Waals surface area contributed by atoms with E-state index in [1.165, 1.54) is 5.56 Å². The summed E-state index contributed by atoms with van der Waals surface area (Å²) in [6, 6.07) is 11.7. The van der Waals surface area contributed by atoms with E-state index in [2.05, 4.69) is 26.9 Å². The van der Waals surface area contributed by atoms with Gasteiger partial charge in [0.1, 0.15) is 0 Å². The van der Waals surface area contributed by atoms with Crippen LogP contribution in [0.1, 0.15) is 34.8 Å². The van der Waals surface area contributed by atoms with E-state index < -0.39 is 0 Å². The standard InChI is InChI=1S/C21H23N5O2/c1-15-5-7-17(8-6-15)19-23-20(28-24-19)16(2)25-10-12-26(13-11-25)21(27)18-4-3-9-22-14-18/h3-9,14,16H,10-13H2,1-2H3/t16-/m0/s1. The van der Waals surface area contributed by atoms with Gasteiger partial charge in [-0.05, 0) is 26.0 Å². The minimum absolute atomic E-state index is 0.00217. The summed E-state index contributed by atoms with van der Waals surface area (Å²) in [5.41, 5.74) is 2.77. The molecule has 3 heterocycles. The number of piperazine rings is 1. The van der Waals surface area contributed by atoms with Crippen molar-refractivity contribution in [3.05, 3.63) is 65.8 Å². The van der Waals surface area contributed by atoms with E-state index in [-0.39, 0.29) is 11.9 Å². The van der Waals surface area contributed by atoms with E-state index in [1.807, 2.05) is 36.1 Å². The molecule has 1 amide bonds. The van der Waals surface area contributed by atoms with Crippen LogP contribution in [-0.4, -0.2) is 57.0 Å². The van der Waals surface area contributed by atoms with Crippen LogP contribution in [0.15, 0.2) is 53.3 Å². The molecule has 0 bridgehead atoms. The first-order chi connectivity index (χ1) is 13.6. The van der Waals surface area contributed by atoms with E-state index in [0.29, 0.717) is 30.4 Å². The van der Waals surface area contributed by atoms with Gasteiger partial charge in [-0.15, -0.1) is 0 Å². The van der Waals surface area contributed by atoms with Crippen molar-refractivity contribution in [2.75, 3.05) is 26.2 Å². The Balaban J connectivity index is 1.38. The molecule has 2 aromatic heterocycles. The highest BCUT2D eigenvalue weighted by Gasteiger charge is 2.28. The number of carbonyl (C=O) groups excluding carboxylic acids is 1. The molecule has 0 spiro atoms. The molecule has 0 saturated carbocycles. The number of amides is 1. The third-order valence-electron chi connectivity index (χ3n) is 5.17. The largest absolute Gasteiger partial charge is 0.337 e. The van der Waals surface area contributed by atoms with Crippen LogP contribution in [0.2, 0.25) is 0 Å². The number of pyridine rings is 1. The second-order valence-corrected chi connectivity index (χ2v) is 7.07. The molecule has 7 heteroatoms. The van der Waals surface area contributed by atoms with Gasteiger partial charge >= 0.3 is 0 Å². The number of hydrogen-bond donors (Lipinski definition) is 0. The van der Waals surface area contributed by atoms with Crippen molar-refractivity contribution in [3.63, 3.8) is 0 Å². The monoisotopic (exact) mass is 377 g/mol. The average molecular weight is 377 g/mol. The van der Waals surface area contributed by atoms with Crippen LogP contribution < -0.4 is 0 Å². The van der Waals surface area contributed by atoms with Crippen LogP contribution in [0.25, 0.3) is 11.4 Å². The fourth-order valence-corrected chi connectivity index (χ4v) is 3.37. The highest BCUT2D eigenvalue weighted by atomic mass is 16.5. The van der Waals surface area contributed by atoms with Crippen molar-refractivity contribution < 1.29 is 9.32 Å². The lowest BCUT2D eigenvalue weighted by molar-refractivity contribution is 0.0551. The Bertz CT molecular complexity index is 931.